The zero-order chi connectivity index (χ0) is 17.8. The van der Waals surface area contributed by atoms with Crippen molar-refractivity contribution < 1.29 is 0 Å². The second-order valence-electron chi connectivity index (χ2n) is 7.74. The third-order valence-electron chi connectivity index (χ3n) is 5.73. The van der Waals surface area contributed by atoms with Crippen LogP contribution in [0.1, 0.15) is 50.5 Å². The first kappa shape index (κ1) is 17.4. The van der Waals surface area contributed by atoms with Gasteiger partial charge >= 0.3 is 0 Å². The van der Waals surface area contributed by atoms with Gasteiger partial charge in [0.1, 0.15) is 12.1 Å². The van der Waals surface area contributed by atoms with Crippen molar-refractivity contribution >= 4 is 5.82 Å². The first-order valence-corrected chi connectivity index (χ1v) is 10.0. The second kappa shape index (κ2) is 8.12. The SMILES string of the molecule is Cc1cnc(N2CCC(NC3CCCCC3)CC2)c(-c2ccncn2)c1. The van der Waals surface area contributed by atoms with Crippen LogP contribution in [0.15, 0.2) is 30.9 Å². The summed E-state index contributed by atoms with van der Waals surface area (Å²) in [7, 11) is 0. The monoisotopic (exact) mass is 351 g/mol. The van der Waals surface area contributed by atoms with E-state index in [2.05, 4.69) is 33.2 Å². The van der Waals surface area contributed by atoms with Gasteiger partial charge in [0.15, 0.2) is 0 Å². The second-order valence-corrected chi connectivity index (χ2v) is 7.74. The first-order valence-electron chi connectivity index (χ1n) is 10.0. The van der Waals surface area contributed by atoms with Crippen LogP contribution in [-0.2, 0) is 0 Å². The molecule has 3 heterocycles. The lowest BCUT2D eigenvalue weighted by Gasteiger charge is -2.36. The van der Waals surface area contributed by atoms with Crippen LogP contribution in [0.2, 0.25) is 0 Å². The average molecular weight is 351 g/mol. The first-order chi connectivity index (χ1) is 12.8. The number of anilines is 1. The number of pyridine rings is 1. The van der Waals surface area contributed by atoms with Gasteiger partial charge in [0, 0.05) is 43.1 Å². The Labute approximate surface area is 156 Å². The molecule has 0 aromatic carbocycles. The molecule has 0 amide bonds. The molecule has 2 aliphatic rings. The maximum absolute atomic E-state index is 4.76. The maximum Gasteiger partial charge on any atom is 0.138 e. The predicted molar refractivity (Wildman–Crippen MR) is 105 cm³/mol. The third-order valence-corrected chi connectivity index (χ3v) is 5.73. The fourth-order valence-corrected chi connectivity index (χ4v) is 4.31. The van der Waals surface area contributed by atoms with Crippen LogP contribution < -0.4 is 10.2 Å². The highest BCUT2D eigenvalue weighted by Gasteiger charge is 2.25. The Morgan fingerprint density at radius 3 is 2.50 bits per heavy atom. The summed E-state index contributed by atoms with van der Waals surface area (Å²) in [5.74, 6) is 1.06. The summed E-state index contributed by atoms with van der Waals surface area (Å²) in [5.41, 5.74) is 3.23. The molecule has 1 saturated heterocycles. The van der Waals surface area contributed by atoms with Crippen LogP contribution >= 0.6 is 0 Å². The van der Waals surface area contributed by atoms with Crippen LogP contribution in [0.25, 0.3) is 11.3 Å². The standard InChI is InChI=1S/C21H29N5/c1-16-13-19(20-7-10-22-15-24-20)21(23-14-16)26-11-8-18(9-12-26)25-17-5-3-2-4-6-17/h7,10,13-15,17-18,25H,2-6,8-9,11-12H2,1H3. The molecule has 2 fully saturated rings. The average Bonchev–Trinajstić information content (AvgIpc) is 2.70. The van der Waals surface area contributed by atoms with Crippen LogP contribution in [0, 0.1) is 6.92 Å². The summed E-state index contributed by atoms with van der Waals surface area (Å²) in [4.78, 5) is 15.7. The molecule has 0 spiro atoms. The molecule has 1 saturated carbocycles. The molecule has 138 valence electrons. The Bertz CT molecular complexity index is 704. The lowest BCUT2D eigenvalue weighted by molar-refractivity contribution is 0.307. The fraction of sp³-hybridized carbons (Fsp3) is 0.571. The molecule has 0 bridgehead atoms. The Kier molecular flexibility index (Phi) is 5.44. The summed E-state index contributed by atoms with van der Waals surface area (Å²) >= 11 is 0. The molecular formula is C21H29N5. The number of nitrogens with zero attached hydrogens (tertiary/aromatic N) is 4. The molecule has 1 aliphatic carbocycles. The van der Waals surface area contributed by atoms with E-state index in [4.69, 9.17) is 4.98 Å². The van der Waals surface area contributed by atoms with Crippen LogP contribution in [0.5, 0.6) is 0 Å². The van der Waals surface area contributed by atoms with E-state index in [0.29, 0.717) is 6.04 Å². The van der Waals surface area contributed by atoms with Crippen molar-refractivity contribution in [2.45, 2.75) is 64.0 Å². The summed E-state index contributed by atoms with van der Waals surface area (Å²) < 4.78 is 0. The van der Waals surface area contributed by atoms with Crippen molar-refractivity contribution in [1.29, 1.82) is 0 Å². The highest BCUT2D eigenvalue weighted by molar-refractivity contribution is 5.73. The smallest absolute Gasteiger partial charge is 0.138 e. The molecular weight excluding hydrogens is 322 g/mol. The number of nitrogens with one attached hydrogen (secondary N) is 1. The van der Waals surface area contributed by atoms with Crippen LogP contribution in [0.4, 0.5) is 5.82 Å². The van der Waals surface area contributed by atoms with E-state index >= 15 is 0 Å². The van der Waals surface area contributed by atoms with Crippen molar-refractivity contribution in [2.24, 2.45) is 0 Å². The normalized spacial score (nSPS) is 19.7. The number of aryl methyl sites for hydroxylation is 1. The van der Waals surface area contributed by atoms with Gasteiger partial charge in [-0.05, 0) is 50.3 Å². The zero-order valence-electron chi connectivity index (χ0n) is 15.7. The van der Waals surface area contributed by atoms with Gasteiger partial charge < -0.3 is 10.2 Å². The van der Waals surface area contributed by atoms with E-state index in [1.807, 2.05) is 12.3 Å². The van der Waals surface area contributed by atoms with Crippen molar-refractivity contribution in [3.63, 3.8) is 0 Å². The van der Waals surface area contributed by atoms with E-state index in [1.165, 1.54) is 44.9 Å². The molecule has 2 aromatic heterocycles. The van der Waals surface area contributed by atoms with Crippen molar-refractivity contribution in [1.82, 2.24) is 20.3 Å². The molecule has 1 aliphatic heterocycles. The van der Waals surface area contributed by atoms with E-state index in [1.54, 1.807) is 12.5 Å². The van der Waals surface area contributed by atoms with Gasteiger partial charge in [0.25, 0.3) is 0 Å². The van der Waals surface area contributed by atoms with Gasteiger partial charge in [0.2, 0.25) is 0 Å². The molecule has 1 N–H and O–H groups in total. The van der Waals surface area contributed by atoms with E-state index in [-0.39, 0.29) is 0 Å². The van der Waals surface area contributed by atoms with Crippen LogP contribution in [0.3, 0.4) is 0 Å². The van der Waals surface area contributed by atoms with Crippen molar-refractivity contribution in [2.75, 3.05) is 18.0 Å². The number of aromatic nitrogens is 3. The number of hydrogen-bond donors (Lipinski definition) is 1. The summed E-state index contributed by atoms with van der Waals surface area (Å²) in [6.45, 7) is 4.19. The number of rotatable bonds is 4. The lowest BCUT2D eigenvalue weighted by atomic mass is 9.93. The fourth-order valence-electron chi connectivity index (χ4n) is 4.31. The van der Waals surface area contributed by atoms with Crippen molar-refractivity contribution in [3.8, 4) is 11.3 Å². The van der Waals surface area contributed by atoms with Gasteiger partial charge in [-0.1, -0.05) is 19.3 Å². The minimum atomic E-state index is 0.655. The highest BCUT2D eigenvalue weighted by Crippen LogP contribution is 2.30. The maximum atomic E-state index is 4.76. The summed E-state index contributed by atoms with van der Waals surface area (Å²) in [6.07, 6.45) is 14.7. The summed E-state index contributed by atoms with van der Waals surface area (Å²) in [5, 5.41) is 3.92. The van der Waals surface area contributed by atoms with Crippen LogP contribution in [-0.4, -0.2) is 40.1 Å². The quantitative estimate of drug-likeness (QED) is 0.909. The van der Waals surface area contributed by atoms with Crippen molar-refractivity contribution in [3.05, 3.63) is 36.4 Å². The molecule has 0 radical (unpaired) electrons. The Morgan fingerprint density at radius 1 is 1.00 bits per heavy atom. The zero-order valence-corrected chi connectivity index (χ0v) is 15.7. The minimum absolute atomic E-state index is 0.655. The van der Waals surface area contributed by atoms with Gasteiger partial charge in [-0.2, -0.15) is 0 Å². The van der Waals surface area contributed by atoms with E-state index in [0.717, 1.165) is 41.8 Å². The number of hydrogen-bond acceptors (Lipinski definition) is 5. The molecule has 0 atom stereocenters. The Morgan fingerprint density at radius 2 is 1.77 bits per heavy atom. The Balaban J connectivity index is 1.44. The molecule has 2 aromatic rings. The summed E-state index contributed by atoms with van der Waals surface area (Å²) in [6, 6.07) is 5.56. The van der Waals surface area contributed by atoms with Gasteiger partial charge in [0.05, 0.1) is 5.69 Å². The topological polar surface area (TPSA) is 53.9 Å². The highest BCUT2D eigenvalue weighted by atomic mass is 15.2. The minimum Gasteiger partial charge on any atom is -0.356 e. The third kappa shape index (κ3) is 4.04. The number of piperidine rings is 1. The van der Waals surface area contributed by atoms with Gasteiger partial charge in [-0.25, -0.2) is 15.0 Å². The molecule has 5 heteroatoms. The van der Waals surface area contributed by atoms with Gasteiger partial charge in [-0.3, -0.25) is 0 Å². The molecule has 26 heavy (non-hydrogen) atoms. The predicted octanol–water partition coefficient (Wildman–Crippen LogP) is 3.74. The Hall–Kier alpha value is -2.01. The van der Waals surface area contributed by atoms with Gasteiger partial charge in [-0.15, -0.1) is 0 Å². The molecule has 0 unspecified atom stereocenters. The largest absolute Gasteiger partial charge is 0.356 e. The lowest BCUT2D eigenvalue weighted by Crippen LogP contribution is -2.47. The van der Waals surface area contributed by atoms with E-state index in [9.17, 15) is 0 Å². The molecule has 5 nitrogen and oxygen atoms in total. The molecule has 4 rings (SSSR count). The van der Waals surface area contributed by atoms with E-state index < -0.39 is 0 Å².